The molecule has 2 amide bonds. The summed E-state index contributed by atoms with van der Waals surface area (Å²) in [6, 6.07) is 8.44. The van der Waals surface area contributed by atoms with Gasteiger partial charge in [-0.15, -0.1) is 0 Å². The fourth-order valence-electron chi connectivity index (χ4n) is 5.87. The van der Waals surface area contributed by atoms with Crippen molar-refractivity contribution in [2.45, 2.75) is 63.3 Å². The number of likely N-dealkylation sites (tertiary alicyclic amines) is 3. The first-order chi connectivity index (χ1) is 14.4. The summed E-state index contributed by atoms with van der Waals surface area (Å²) in [7, 11) is 0. The van der Waals surface area contributed by atoms with Crippen molar-refractivity contribution < 1.29 is 14.0 Å². The molecular formula is C23H27FN4O2. The number of piperidine rings is 1. The van der Waals surface area contributed by atoms with Crippen LogP contribution in [0, 0.1) is 29.0 Å². The Hall–Kier alpha value is -2.46. The number of fused-ring (bicyclic) bond motifs is 3. The first kappa shape index (κ1) is 19.5. The first-order valence-corrected chi connectivity index (χ1v) is 10.9. The maximum absolute atomic E-state index is 13.2. The van der Waals surface area contributed by atoms with Crippen LogP contribution in [0.5, 0.6) is 0 Å². The molecule has 2 bridgehead atoms. The number of nitrogens with zero attached hydrogens (tertiary/aromatic N) is 4. The summed E-state index contributed by atoms with van der Waals surface area (Å²) in [5.74, 6) is 0.158. The van der Waals surface area contributed by atoms with E-state index in [0.717, 1.165) is 31.4 Å². The van der Waals surface area contributed by atoms with Crippen molar-refractivity contribution in [3.05, 3.63) is 35.6 Å². The van der Waals surface area contributed by atoms with Gasteiger partial charge < -0.3 is 9.80 Å². The molecule has 0 aromatic heterocycles. The van der Waals surface area contributed by atoms with Crippen LogP contribution in [0.4, 0.5) is 4.39 Å². The molecule has 0 spiro atoms. The van der Waals surface area contributed by atoms with Crippen molar-refractivity contribution in [3.63, 3.8) is 0 Å². The van der Waals surface area contributed by atoms with Crippen LogP contribution in [0.25, 0.3) is 0 Å². The van der Waals surface area contributed by atoms with Gasteiger partial charge in [-0.2, -0.15) is 5.26 Å². The van der Waals surface area contributed by atoms with Gasteiger partial charge in [0.15, 0.2) is 0 Å². The number of piperazine rings is 1. The average molecular weight is 410 g/mol. The summed E-state index contributed by atoms with van der Waals surface area (Å²) >= 11 is 0. The Morgan fingerprint density at radius 3 is 2.63 bits per heavy atom. The molecule has 158 valence electrons. The summed E-state index contributed by atoms with van der Waals surface area (Å²) in [5, 5.41) is 9.38. The van der Waals surface area contributed by atoms with Gasteiger partial charge in [-0.1, -0.05) is 19.1 Å². The van der Waals surface area contributed by atoms with Crippen LogP contribution >= 0.6 is 0 Å². The number of benzene rings is 1. The first-order valence-electron chi connectivity index (χ1n) is 10.9. The van der Waals surface area contributed by atoms with Gasteiger partial charge in [0.1, 0.15) is 11.9 Å². The molecule has 0 N–H and O–H groups in total. The topological polar surface area (TPSA) is 67.7 Å². The summed E-state index contributed by atoms with van der Waals surface area (Å²) in [6.07, 6.45) is 2.61. The Morgan fingerprint density at radius 2 is 1.97 bits per heavy atom. The predicted molar refractivity (Wildman–Crippen MR) is 107 cm³/mol. The van der Waals surface area contributed by atoms with Gasteiger partial charge in [-0.05, 0) is 49.8 Å². The van der Waals surface area contributed by atoms with E-state index in [4.69, 9.17) is 0 Å². The van der Waals surface area contributed by atoms with E-state index in [0.29, 0.717) is 12.5 Å². The lowest BCUT2D eigenvalue weighted by Crippen LogP contribution is -2.53. The van der Waals surface area contributed by atoms with E-state index in [9.17, 15) is 19.2 Å². The highest BCUT2D eigenvalue weighted by atomic mass is 19.1. The number of hydrogen-bond acceptors (Lipinski definition) is 4. The van der Waals surface area contributed by atoms with E-state index in [1.54, 1.807) is 12.1 Å². The quantitative estimate of drug-likeness (QED) is 0.747. The van der Waals surface area contributed by atoms with E-state index in [1.165, 1.54) is 12.1 Å². The second-order valence-corrected chi connectivity index (χ2v) is 9.42. The standard InChI is InChI=1S/C23H27FN4O2/c1-13(22(29)28-18(10-25)7-16-8-20(16)28)11-26-12-19-9-21(26)23(30)27(19)14(2)15-3-5-17(24)6-4-15/h3-6,13-14,16,18-21H,7-9,11-12H2,1-2H3/t13-,14-,16+,18-,19+,20-,21+/m0/s1. The van der Waals surface area contributed by atoms with Crippen molar-refractivity contribution in [1.82, 2.24) is 14.7 Å². The summed E-state index contributed by atoms with van der Waals surface area (Å²) in [5.41, 5.74) is 0.933. The van der Waals surface area contributed by atoms with E-state index in [2.05, 4.69) is 11.0 Å². The number of rotatable bonds is 5. The van der Waals surface area contributed by atoms with Crippen LogP contribution in [-0.4, -0.2) is 63.8 Å². The minimum atomic E-state index is -0.285. The molecule has 3 aliphatic heterocycles. The Kier molecular flexibility index (Phi) is 4.59. The van der Waals surface area contributed by atoms with Crippen LogP contribution in [-0.2, 0) is 9.59 Å². The second kappa shape index (κ2) is 7.05. The summed E-state index contributed by atoms with van der Waals surface area (Å²) < 4.78 is 13.2. The summed E-state index contributed by atoms with van der Waals surface area (Å²) in [6.45, 7) is 5.22. The molecule has 1 aromatic carbocycles. The molecule has 1 aliphatic carbocycles. The number of halogens is 1. The number of hydrogen-bond donors (Lipinski definition) is 0. The zero-order valence-electron chi connectivity index (χ0n) is 17.4. The molecule has 5 rings (SSSR count). The smallest absolute Gasteiger partial charge is 0.240 e. The third kappa shape index (κ3) is 3.01. The number of carbonyl (C=O) groups is 2. The highest BCUT2D eigenvalue weighted by Gasteiger charge is 2.55. The lowest BCUT2D eigenvalue weighted by molar-refractivity contribution is -0.142. The molecular weight excluding hydrogens is 383 g/mol. The minimum Gasteiger partial charge on any atom is -0.330 e. The van der Waals surface area contributed by atoms with Gasteiger partial charge in [0.05, 0.1) is 18.2 Å². The average Bonchev–Trinajstić information content (AvgIpc) is 3.07. The number of carbonyl (C=O) groups excluding carboxylic acids is 2. The van der Waals surface area contributed by atoms with Crippen LogP contribution < -0.4 is 0 Å². The molecule has 7 heteroatoms. The van der Waals surface area contributed by atoms with Crippen molar-refractivity contribution in [2.75, 3.05) is 13.1 Å². The minimum absolute atomic E-state index is 0.0540. The predicted octanol–water partition coefficient (Wildman–Crippen LogP) is 2.32. The van der Waals surface area contributed by atoms with E-state index in [1.807, 2.05) is 23.6 Å². The van der Waals surface area contributed by atoms with Crippen molar-refractivity contribution in [1.29, 1.82) is 5.26 Å². The summed E-state index contributed by atoms with van der Waals surface area (Å²) in [4.78, 5) is 32.0. The highest BCUT2D eigenvalue weighted by molar-refractivity contribution is 5.86. The van der Waals surface area contributed by atoms with Crippen molar-refractivity contribution >= 4 is 11.8 Å². The van der Waals surface area contributed by atoms with Crippen LogP contribution in [0.15, 0.2) is 24.3 Å². The third-order valence-electron chi connectivity index (χ3n) is 7.52. The Morgan fingerprint density at radius 1 is 1.23 bits per heavy atom. The monoisotopic (exact) mass is 410 g/mol. The van der Waals surface area contributed by atoms with Crippen LogP contribution in [0.3, 0.4) is 0 Å². The molecule has 6 nitrogen and oxygen atoms in total. The molecule has 3 heterocycles. The molecule has 7 atom stereocenters. The van der Waals surface area contributed by atoms with Crippen molar-refractivity contribution in [3.8, 4) is 6.07 Å². The largest absolute Gasteiger partial charge is 0.330 e. The number of nitriles is 1. The fraction of sp³-hybridized carbons (Fsp3) is 0.609. The lowest BCUT2D eigenvalue weighted by atomic mass is 10.0. The maximum Gasteiger partial charge on any atom is 0.240 e. The van der Waals surface area contributed by atoms with Crippen molar-refractivity contribution in [2.24, 2.45) is 11.8 Å². The molecule has 3 saturated heterocycles. The Balaban J connectivity index is 1.23. The van der Waals surface area contributed by atoms with Crippen LogP contribution in [0.2, 0.25) is 0 Å². The van der Waals surface area contributed by atoms with E-state index in [-0.39, 0.29) is 53.8 Å². The Labute approximate surface area is 176 Å². The molecule has 0 unspecified atom stereocenters. The second-order valence-electron chi connectivity index (χ2n) is 9.42. The maximum atomic E-state index is 13.2. The van der Waals surface area contributed by atoms with E-state index < -0.39 is 0 Å². The highest BCUT2D eigenvalue weighted by Crippen LogP contribution is 2.48. The lowest BCUT2D eigenvalue weighted by Gasteiger charge is -2.38. The molecule has 30 heavy (non-hydrogen) atoms. The number of amides is 2. The van der Waals surface area contributed by atoms with Gasteiger partial charge in [0.25, 0.3) is 0 Å². The zero-order chi connectivity index (χ0) is 21.2. The van der Waals surface area contributed by atoms with Gasteiger partial charge in [-0.3, -0.25) is 14.5 Å². The Bertz CT molecular complexity index is 913. The molecule has 4 aliphatic rings. The van der Waals surface area contributed by atoms with Gasteiger partial charge in [0, 0.05) is 31.1 Å². The van der Waals surface area contributed by atoms with Gasteiger partial charge in [-0.25, -0.2) is 4.39 Å². The molecule has 0 radical (unpaired) electrons. The SMILES string of the molecule is C[C@@H](CN1C[C@H]2C[C@@H]1C(=O)N2[C@@H](C)c1ccc(F)cc1)C(=O)N1[C@H](C#N)C[C@@H]2C[C@@H]21. The molecule has 1 aromatic rings. The molecule has 4 fully saturated rings. The fourth-order valence-corrected chi connectivity index (χ4v) is 5.87. The third-order valence-corrected chi connectivity index (χ3v) is 7.52. The zero-order valence-corrected chi connectivity index (χ0v) is 17.4. The van der Waals surface area contributed by atoms with Gasteiger partial charge >= 0.3 is 0 Å². The van der Waals surface area contributed by atoms with Gasteiger partial charge in [0.2, 0.25) is 11.8 Å². The normalized spacial score (nSPS) is 34.1. The van der Waals surface area contributed by atoms with Crippen LogP contribution in [0.1, 0.15) is 44.7 Å². The van der Waals surface area contributed by atoms with E-state index >= 15 is 0 Å². The molecule has 1 saturated carbocycles.